The van der Waals surface area contributed by atoms with E-state index in [1.54, 1.807) is 32.2 Å². The smallest absolute Gasteiger partial charge is 0.245 e. The SMILES string of the molecule is COCCNC(=O)C[C@@H]1c2ccccc2CCN1S(=O)(=O)c1cc(C)ccc1NC(C)=O. The summed E-state index contributed by atoms with van der Waals surface area (Å²) >= 11 is 0. The van der Waals surface area contributed by atoms with Gasteiger partial charge in [0.2, 0.25) is 21.8 Å². The van der Waals surface area contributed by atoms with Gasteiger partial charge in [-0.15, -0.1) is 0 Å². The zero-order valence-electron chi connectivity index (χ0n) is 18.6. The van der Waals surface area contributed by atoms with Crippen LogP contribution in [-0.2, 0) is 30.8 Å². The molecule has 1 aliphatic rings. The molecule has 1 aliphatic heterocycles. The quantitative estimate of drug-likeness (QED) is 0.590. The lowest BCUT2D eigenvalue weighted by Crippen LogP contribution is -2.42. The molecule has 172 valence electrons. The van der Waals surface area contributed by atoms with Gasteiger partial charge in [0.05, 0.1) is 18.3 Å². The average Bonchev–Trinajstić information content (AvgIpc) is 2.75. The maximum atomic E-state index is 13.8. The Hall–Kier alpha value is -2.75. The largest absolute Gasteiger partial charge is 0.383 e. The van der Waals surface area contributed by atoms with Crippen LogP contribution < -0.4 is 10.6 Å². The Morgan fingerprint density at radius 3 is 2.66 bits per heavy atom. The summed E-state index contributed by atoms with van der Waals surface area (Å²) in [4.78, 5) is 24.3. The molecule has 0 saturated carbocycles. The number of sulfonamides is 1. The van der Waals surface area contributed by atoms with Crippen molar-refractivity contribution in [1.29, 1.82) is 0 Å². The number of nitrogens with one attached hydrogen (secondary N) is 2. The van der Waals surface area contributed by atoms with Gasteiger partial charge < -0.3 is 15.4 Å². The lowest BCUT2D eigenvalue weighted by Gasteiger charge is -2.36. The van der Waals surface area contributed by atoms with E-state index in [-0.39, 0.29) is 35.4 Å². The van der Waals surface area contributed by atoms with Gasteiger partial charge in [-0.3, -0.25) is 9.59 Å². The van der Waals surface area contributed by atoms with Gasteiger partial charge in [0.15, 0.2) is 0 Å². The van der Waals surface area contributed by atoms with Crippen molar-refractivity contribution in [3.63, 3.8) is 0 Å². The average molecular weight is 460 g/mol. The Morgan fingerprint density at radius 1 is 1.19 bits per heavy atom. The fourth-order valence-electron chi connectivity index (χ4n) is 3.93. The number of benzene rings is 2. The summed E-state index contributed by atoms with van der Waals surface area (Å²) in [6.07, 6.45) is 0.528. The number of carbonyl (C=O) groups is 2. The molecule has 32 heavy (non-hydrogen) atoms. The molecule has 3 rings (SSSR count). The lowest BCUT2D eigenvalue weighted by atomic mass is 9.92. The van der Waals surface area contributed by atoms with Crippen molar-refractivity contribution in [2.24, 2.45) is 0 Å². The molecule has 0 saturated heterocycles. The summed E-state index contributed by atoms with van der Waals surface area (Å²) in [5.74, 6) is -0.612. The summed E-state index contributed by atoms with van der Waals surface area (Å²) < 4.78 is 34.0. The molecule has 2 amide bonds. The van der Waals surface area contributed by atoms with E-state index < -0.39 is 16.1 Å². The van der Waals surface area contributed by atoms with Crippen LogP contribution in [0.2, 0.25) is 0 Å². The number of anilines is 1. The number of carbonyl (C=O) groups excluding carboxylic acids is 2. The Morgan fingerprint density at radius 2 is 1.94 bits per heavy atom. The van der Waals surface area contributed by atoms with Gasteiger partial charge in [-0.25, -0.2) is 8.42 Å². The third-order valence-electron chi connectivity index (χ3n) is 5.40. The Balaban J connectivity index is 2.01. The summed E-state index contributed by atoms with van der Waals surface area (Å²) in [6.45, 7) is 4.09. The Bertz CT molecular complexity index is 1100. The predicted molar refractivity (Wildman–Crippen MR) is 122 cm³/mol. The molecule has 2 aromatic rings. The van der Waals surface area contributed by atoms with Gasteiger partial charge >= 0.3 is 0 Å². The maximum absolute atomic E-state index is 13.8. The molecule has 2 aromatic carbocycles. The molecule has 1 atom stereocenters. The van der Waals surface area contributed by atoms with Crippen molar-refractivity contribution >= 4 is 27.5 Å². The first kappa shape index (κ1) is 23.9. The predicted octanol–water partition coefficient (Wildman–Crippen LogP) is 2.39. The van der Waals surface area contributed by atoms with E-state index in [1.807, 2.05) is 24.3 Å². The number of hydrogen-bond acceptors (Lipinski definition) is 5. The lowest BCUT2D eigenvalue weighted by molar-refractivity contribution is -0.122. The first-order valence-electron chi connectivity index (χ1n) is 10.5. The highest BCUT2D eigenvalue weighted by Crippen LogP contribution is 2.38. The zero-order valence-corrected chi connectivity index (χ0v) is 19.4. The van der Waals surface area contributed by atoms with Gasteiger partial charge in [-0.2, -0.15) is 4.31 Å². The van der Waals surface area contributed by atoms with Crippen LogP contribution in [0.5, 0.6) is 0 Å². The van der Waals surface area contributed by atoms with Crippen LogP contribution in [0.3, 0.4) is 0 Å². The van der Waals surface area contributed by atoms with Crippen LogP contribution in [0, 0.1) is 6.92 Å². The number of amides is 2. The van der Waals surface area contributed by atoms with Crippen LogP contribution in [0.25, 0.3) is 0 Å². The molecule has 9 heteroatoms. The zero-order chi connectivity index (χ0) is 23.3. The van der Waals surface area contributed by atoms with E-state index in [4.69, 9.17) is 4.74 Å². The highest BCUT2D eigenvalue weighted by atomic mass is 32.2. The van der Waals surface area contributed by atoms with Crippen molar-refractivity contribution in [2.75, 3.05) is 32.1 Å². The summed E-state index contributed by atoms with van der Waals surface area (Å²) in [7, 11) is -2.46. The highest BCUT2D eigenvalue weighted by Gasteiger charge is 2.38. The first-order valence-corrected chi connectivity index (χ1v) is 11.9. The summed E-state index contributed by atoms with van der Waals surface area (Å²) in [5, 5.41) is 5.39. The molecule has 2 N–H and O–H groups in total. The Labute approximate surface area is 189 Å². The first-order chi connectivity index (χ1) is 15.2. The van der Waals surface area contributed by atoms with Gasteiger partial charge in [0.25, 0.3) is 0 Å². The van der Waals surface area contributed by atoms with Crippen LogP contribution >= 0.6 is 0 Å². The van der Waals surface area contributed by atoms with Crippen LogP contribution in [0.4, 0.5) is 5.69 Å². The number of fused-ring (bicyclic) bond motifs is 1. The van der Waals surface area contributed by atoms with Gasteiger partial charge in [-0.1, -0.05) is 30.3 Å². The molecule has 0 aliphatic carbocycles. The number of methoxy groups -OCH3 is 1. The molecule has 0 radical (unpaired) electrons. The minimum Gasteiger partial charge on any atom is -0.383 e. The minimum absolute atomic E-state index is 0.0127. The maximum Gasteiger partial charge on any atom is 0.245 e. The number of ether oxygens (including phenoxy) is 1. The number of aryl methyl sites for hydroxylation is 1. The van der Waals surface area contributed by atoms with Crippen molar-refractivity contribution in [1.82, 2.24) is 9.62 Å². The molecule has 0 fully saturated rings. The summed E-state index contributed by atoms with van der Waals surface area (Å²) in [5.41, 5.74) is 2.83. The van der Waals surface area contributed by atoms with Crippen molar-refractivity contribution < 1.29 is 22.7 Å². The topological polar surface area (TPSA) is 105 Å². The highest BCUT2D eigenvalue weighted by molar-refractivity contribution is 7.89. The van der Waals surface area contributed by atoms with E-state index in [1.165, 1.54) is 11.2 Å². The fraction of sp³-hybridized carbons (Fsp3) is 0.391. The second-order valence-electron chi connectivity index (χ2n) is 7.81. The van der Waals surface area contributed by atoms with E-state index >= 15 is 0 Å². The second-order valence-corrected chi connectivity index (χ2v) is 9.67. The van der Waals surface area contributed by atoms with Gasteiger partial charge in [-0.05, 0) is 42.2 Å². The molecule has 0 spiro atoms. The van der Waals surface area contributed by atoms with E-state index in [9.17, 15) is 18.0 Å². The third kappa shape index (κ3) is 5.35. The number of rotatable bonds is 8. The monoisotopic (exact) mass is 459 g/mol. The van der Waals surface area contributed by atoms with Gasteiger partial charge in [0.1, 0.15) is 4.90 Å². The minimum atomic E-state index is -4.01. The van der Waals surface area contributed by atoms with Gasteiger partial charge in [0, 0.05) is 33.5 Å². The van der Waals surface area contributed by atoms with E-state index in [2.05, 4.69) is 10.6 Å². The molecule has 0 bridgehead atoms. The molecule has 0 aromatic heterocycles. The molecular formula is C23H29N3O5S. The van der Waals surface area contributed by atoms with Crippen LogP contribution in [0.1, 0.15) is 36.1 Å². The van der Waals surface area contributed by atoms with E-state index in [0.717, 1.165) is 16.7 Å². The summed E-state index contributed by atoms with van der Waals surface area (Å²) in [6, 6.07) is 11.8. The normalized spacial score (nSPS) is 16.3. The third-order valence-corrected chi connectivity index (χ3v) is 7.35. The molecule has 0 unspecified atom stereocenters. The number of hydrogen-bond donors (Lipinski definition) is 2. The second kappa shape index (κ2) is 10.2. The standard InChI is InChI=1S/C23H29N3O5S/c1-16-8-9-20(25-17(2)27)22(14-16)32(29,30)26-12-10-18-6-4-5-7-19(18)21(26)15-23(28)24-11-13-31-3/h4-9,14,21H,10-13,15H2,1-3H3,(H,24,28)(H,25,27)/t21-/m1/s1. The number of nitrogens with zero attached hydrogens (tertiary/aromatic N) is 1. The van der Waals surface area contributed by atoms with Crippen LogP contribution in [-0.4, -0.2) is 51.3 Å². The van der Waals surface area contributed by atoms with E-state index in [0.29, 0.717) is 19.6 Å². The molecule has 8 nitrogen and oxygen atoms in total. The van der Waals surface area contributed by atoms with Crippen molar-refractivity contribution in [2.45, 2.75) is 37.6 Å². The fourth-order valence-corrected chi connectivity index (χ4v) is 5.77. The van der Waals surface area contributed by atoms with Crippen molar-refractivity contribution in [3.05, 3.63) is 59.2 Å². The van der Waals surface area contributed by atoms with Crippen molar-refractivity contribution in [3.8, 4) is 0 Å². The molecular weight excluding hydrogens is 430 g/mol. The Kier molecular flexibility index (Phi) is 7.65. The molecule has 1 heterocycles. The van der Waals surface area contributed by atoms with Crippen LogP contribution in [0.15, 0.2) is 47.4 Å².